The molecule has 0 aliphatic heterocycles. The average Bonchev–Trinajstić information content (AvgIpc) is 2.52. The number of methoxy groups -OCH3 is 1. The molecule has 0 unspecified atom stereocenters. The summed E-state index contributed by atoms with van der Waals surface area (Å²) in [6.07, 6.45) is 0. The minimum atomic E-state index is -4.28. The number of nitrogens with one attached hydrogen (secondary N) is 2. The van der Waals surface area contributed by atoms with E-state index in [0.717, 1.165) is 12.7 Å². The summed E-state index contributed by atoms with van der Waals surface area (Å²) in [5.74, 6) is -0.608. The maximum absolute atomic E-state index is 12.4. The first-order valence-corrected chi connectivity index (χ1v) is 8.67. The molecular weight excluding hydrogens is 346 g/mol. The zero-order valence-corrected chi connectivity index (χ0v) is 14.7. The molecule has 132 valence electrons. The Labute approximate surface area is 145 Å². The standard InChI is InChI=1S/C16H17N3O5S/c1-10-8-11(2)17-14(9-10)18-16(21)19-25(22,23)13-7-5-4-6-12(13)15(20)24-3/h4-9H,1-3H3,(H2,17,18,19,21). The number of ether oxygens (including phenoxy) is 1. The van der Waals surface area contributed by atoms with Gasteiger partial charge < -0.3 is 4.74 Å². The van der Waals surface area contributed by atoms with Gasteiger partial charge in [-0.05, 0) is 43.7 Å². The number of esters is 1. The van der Waals surface area contributed by atoms with E-state index in [1.54, 1.807) is 13.0 Å². The van der Waals surface area contributed by atoms with Gasteiger partial charge in [0.25, 0.3) is 10.0 Å². The smallest absolute Gasteiger partial charge is 0.339 e. The largest absolute Gasteiger partial charge is 0.465 e. The molecule has 2 rings (SSSR count). The lowest BCUT2D eigenvalue weighted by atomic mass is 10.2. The van der Waals surface area contributed by atoms with E-state index >= 15 is 0 Å². The Morgan fingerprint density at radius 3 is 2.44 bits per heavy atom. The first kappa shape index (κ1) is 18.4. The Hall–Kier alpha value is -2.94. The Bertz CT molecular complexity index is 905. The molecule has 2 aromatic rings. The number of amides is 2. The van der Waals surface area contributed by atoms with Gasteiger partial charge >= 0.3 is 12.0 Å². The van der Waals surface area contributed by atoms with Crippen LogP contribution in [0.25, 0.3) is 0 Å². The number of carbonyl (C=O) groups excluding carboxylic acids is 2. The lowest BCUT2D eigenvalue weighted by Crippen LogP contribution is -2.35. The molecule has 0 saturated heterocycles. The molecule has 25 heavy (non-hydrogen) atoms. The maximum atomic E-state index is 12.4. The number of rotatable bonds is 4. The number of aryl methyl sites for hydroxylation is 2. The third-order valence-corrected chi connectivity index (χ3v) is 4.54. The highest BCUT2D eigenvalue weighted by molar-refractivity contribution is 7.90. The van der Waals surface area contributed by atoms with Gasteiger partial charge in [-0.3, -0.25) is 5.32 Å². The van der Waals surface area contributed by atoms with Crippen molar-refractivity contribution >= 4 is 27.8 Å². The van der Waals surface area contributed by atoms with Crippen LogP contribution in [0.2, 0.25) is 0 Å². The predicted octanol–water partition coefficient (Wildman–Crippen LogP) is 2.00. The normalized spacial score (nSPS) is 10.8. The minimum Gasteiger partial charge on any atom is -0.465 e. The molecule has 0 atom stereocenters. The number of hydrogen-bond donors (Lipinski definition) is 2. The summed E-state index contributed by atoms with van der Waals surface area (Å²) >= 11 is 0. The van der Waals surface area contributed by atoms with Crippen LogP contribution >= 0.6 is 0 Å². The molecule has 0 aliphatic rings. The predicted molar refractivity (Wildman–Crippen MR) is 90.8 cm³/mol. The summed E-state index contributed by atoms with van der Waals surface area (Å²) in [6.45, 7) is 3.57. The summed E-state index contributed by atoms with van der Waals surface area (Å²) in [7, 11) is -3.14. The number of aromatic nitrogens is 1. The van der Waals surface area contributed by atoms with E-state index in [4.69, 9.17) is 0 Å². The summed E-state index contributed by atoms with van der Waals surface area (Å²) in [5, 5.41) is 2.36. The van der Waals surface area contributed by atoms with Crippen molar-refractivity contribution in [2.75, 3.05) is 12.4 Å². The van der Waals surface area contributed by atoms with E-state index in [0.29, 0.717) is 5.69 Å². The number of anilines is 1. The molecule has 2 N–H and O–H groups in total. The molecule has 0 spiro atoms. The number of urea groups is 1. The molecule has 0 radical (unpaired) electrons. The van der Waals surface area contributed by atoms with Crippen molar-refractivity contribution in [2.45, 2.75) is 18.7 Å². The molecule has 2 amide bonds. The first-order chi connectivity index (χ1) is 11.7. The molecule has 0 fully saturated rings. The number of carbonyl (C=O) groups is 2. The van der Waals surface area contributed by atoms with E-state index in [9.17, 15) is 18.0 Å². The zero-order chi connectivity index (χ0) is 18.6. The Morgan fingerprint density at radius 1 is 1.12 bits per heavy atom. The van der Waals surface area contributed by atoms with Crippen LogP contribution in [0.1, 0.15) is 21.6 Å². The van der Waals surface area contributed by atoms with E-state index in [1.165, 1.54) is 24.3 Å². The maximum Gasteiger partial charge on any atom is 0.339 e. The van der Waals surface area contributed by atoms with Crippen LogP contribution in [0.5, 0.6) is 0 Å². The SMILES string of the molecule is COC(=O)c1ccccc1S(=O)(=O)NC(=O)Nc1cc(C)cc(C)n1. The third-order valence-electron chi connectivity index (χ3n) is 3.15. The molecular formula is C16H17N3O5S. The molecule has 0 bridgehead atoms. The zero-order valence-electron chi connectivity index (χ0n) is 13.9. The van der Waals surface area contributed by atoms with Gasteiger partial charge in [-0.2, -0.15) is 0 Å². The highest BCUT2D eigenvalue weighted by atomic mass is 32.2. The summed E-state index contributed by atoms with van der Waals surface area (Å²) in [5.41, 5.74) is 1.37. The van der Waals surface area contributed by atoms with Crippen LogP contribution < -0.4 is 10.0 Å². The van der Waals surface area contributed by atoms with Crippen molar-refractivity contribution in [1.29, 1.82) is 0 Å². The lowest BCUT2D eigenvalue weighted by molar-refractivity contribution is 0.0596. The Balaban J connectivity index is 2.24. The van der Waals surface area contributed by atoms with Gasteiger partial charge in [0, 0.05) is 5.69 Å². The van der Waals surface area contributed by atoms with Gasteiger partial charge in [0.1, 0.15) is 10.7 Å². The monoisotopic (exact) mass is 363 g/mol. The summed E-state index contributed by atoms with van der Waals surface area (Å²) < 4.78 is 31.2. The van der Waals surface area contributed by atoms with E-state index in [-0.39, 0.29) is 16.3 Å². The third kappa shape index (κ3) is 4.54. The molecule has 1 aromatic carbocycles. The molecule has 0 saturated carbocycles. The molecule has 1 heterocycles. The van der Waals surface area contributed by atoms with Crippen molar-refractivity contribution in [3.8, 4) is 0 Å². The van der Waals surface area contributed by atoms with Gasteiger partial charge in [0.2, 0.25) is 0 Å². The Kier molecular flexibility index (Phi) is 5.38. The van der Waals surface area contributed by atoms with Crippen LogP contribution in [0.4, 0.5) is 10.6 Å². The van der Waals surface area contributed by atoms with Crippen molar-refractivity contribution in [1.82, 2.24) is 9.71 Å². The van der Waals surface area contributed by atoms with Crippen LogP contribution in [-0.4, -0.2) is 32.5 Å². The number of benzene rings is 1. The average molecular weight is 363 g/mol. The van der Waals surface area contributed by atoms with Crippen LogP contribution in [0, 0.1) is 13.8 Å². The van der Waals surface area contributed by atoms with Gasteiger partial charge in [-0.25, -0.2) is 27.7 Å². The topological polar surface area (TPSA) is 114 Å². The van der Waals surface area contributed by atoms with Crippen LogP contribution in [0.15, 0.2) is 41.3 Å². The fourth-order valence-corrected chi connectivity index (χ4v) is 3.31. The number of pyridine rings is 1. The second kappa shape index (κ2) is 7.31. The molecule has 0 aliphatic carbocycles. The second-order valence-corrected chi connectivity index (χ2v) is 6.87. The van der Waals surface area contributed by atoms with Gasteiger partial charge in [-0.1, -0.05) is 12.1 Å². The van der Waals surface area contributed by atoms with Crippen molar-refractivity contribution in [2.24, 2.45) is 0 Å². The number of sulfonamides is 1. The minimum absolute atomic E-state index is 0.171. The van der Waals surface area contributed by atoms with Crippen LogP contribution in [0.3, 0.4) is 0 Å². The fraction of sp³-hybridized carbons (Fsp3) is 0.188. The van der Waals surface area contributed by atoms with Gasteiger partial charge in [0.05, 0.1) is 12.7 Å². The lowest BCUT2D eigenvalue weighted by Gasteiger charge is -2.11. The summed E-state index contributed by atoms with van der Waals surface area (Å²) in [4.78, 5) is 27.5. The van der Waals surface area contributed by atoms with Crippen molar-refractivity contribution in [3.05, 3.63) is 53.2 Å². The van der Waals surface area contributed by atoms with E-state index in [2.05, 4.69) is 15.0 Å². The van der Waals surface area contributed by atoms with Crippen molar-refractivity contribution < 1.29 is 22.7 Å². The highest BCUT2D eigenvalue weighted by Gasteiger charge is 2.24. The Morgan fingerprint density at radius 2 is 1.80 bits per heavy atom. The first-order valence-electron chi connectivity index (χ1n) is 7.19. The van der Waals surface area contributed by atoms with E-state index < -0.39 is 22.0 Å². The van der Waals surface area contributed by atoms with E-state index in [1.807, 2.05) is 17.7 Å². The second-order valence-electron chi connectivity index (χ2n) is 5.22. The fourth-order valence-electron chi connectivity index (χ4n) is 2.20. The number of hydrogen-bond acceptors (Lipinski definition) is 6. The molecule has 9 heteroatoms. The summed E-state index contributed by atoms with van der Waals surface area (Å²) in [6, 6.07) is 7.85. The molecule has 1 aromatic heterocycles. The van der Waals surface area contributed by atoms with Crippen LogP contribution in [-0.2, 0) is 14.8 Å². The quantitative estimate of drug-likeness (QED) is 0.803. The molecule has 8 nitrogen and oxygen atoms in total. The van der Waals surface area contributed by atoms with Gasteiger partial charge in [-0.15, -0.1) is 0 Å². The highest BCUT2D eigenvalue weighted by Crippen LogP contribution is 2.16. The van der Waals surface area contributed by atoms with Crippen molar-refractivity contribution in [3.63, 3.8) is 0 Å². The number of nitrogens with zero attached hydrogens (tertiary/aromatic N) is 1. The van der Waals surface area contributed by atoms with Gasteiger partial charge in [0.15, 0.2) is 0 Å².